The Balaban J connectivity index is 1.43. The van der Waals surface area contributed by atoms with E-state index < -0.39 is 0 Å². The fourth-order valence-corrected chi connectivity index (χ4v) is 3.43. The molecule has 0 unspecified atom stereocenters. The van der Waals surface area contributed by atoms with Crippen LogP contribution in [0.1, 0.15) is 12.1 Å². The molecule has 1 fully saturated rings. The van der Waals surface area contributed by atoms with Gasteiger partial charge in [-0.3, -0.25) is 4.68 Å². The molecule has 2 N–H and O–H groups in total. The average molecular weight is 349 g/mol. The first-order valence-electron chi connectivity index (χ1n) is 7.91. The molecule has 3 rings (SSSR count). The number of aromatic nitrogens is 3. The van der Waals surface area contributed by atoms with Crippen molar-refractivity contribution in [2.75, 3.05) is 37.0 Å². The quantitative estimate of drug-likeness (QED) is 0.843. The zero-order valence-electron chi connectivity index (χ0n) is 14.2. The summed E-state index contributed by atoms with van der Waals surface area (Å²) in [5.41, 5.74) is 1.98. The van der Waals surface area contributed by atoms with Crippen molar-refractivity contribution < 1.29 is 4.79 Å². The second-order valence-electron chi connectivity index (χ2n) is 6.15. The second-order valence-corrected chi connectivity index (χ2v) is 6.98. The lowest BCUT2D eigenvalue weighted by atomic mass is 10.3. The zero-order valence-corrected chi connectivity index (χ0v) is 15.0. The van der Waals surface area contributed by atoms with Gasteiger partial charge in [-0.1, -0.05) is 0 Å². The Kier molecular flexibility index (Phi) is 4.89. The molecule has 0 bridgehead atoms. The molecule has 1 atom stereocenters. The Morgan fingerprint density at radius 3 is 3.00 bits per heavy atom. The molecule has 130 valence electrons. The molecule has 9 heteroatoms. The molecular weight excluding hydrogens is 326 g/mol. The van der Waals surface area contributed by atoms with Crippen molar-refractivity contribution in [2.45, 2.75) is 19.0 Å². The monoisotopic (exact) mass is 349 g/mol. The minimum Gasteiger partial charge on any atom is -0.367 e. The number of nitrogens with one attached hydrogen (secondary N) is 2. The van der Waals surface area contributed by atoms with E-state index in [2.05, 4.69) is 25.6 Å². The van der Waals surface area contributed by atoms with Crippen LogP contribution in [0.15, 0.2) is 17.8 Å². The highest BCUT2D eigenvalue weighted by Crippen LogP contribution is 2.19. The number of carbonyl (C=O) groups excluding carboxylic acids is 1. The number of nitrogens with zero attached hydrogens (tertiary/aromatic N) is 5. The number of anilines is 2. The predicted octanol–water partition coefficient (Wildman–Crippen LogP) is 1.02. The number of amides is 2. The molecule has 2 aromatic rings. The van der Waals surface area contributed by atoms with Gasteiger partial charge in [0.15, 0.2) is 5.13 Å². The van der Waals surface area contributed by atoms with E-state index in [1.807, 2.05) is 43.8 Å². The third kappa shape index (κ3) is 3.97. The molecule has 2 aromatic heterocycles. The summed E-state index contributed by atoms with van der Waals surface area (Å²) >= 11 is 1.57. The molecule has 1 aliphatic rings. The molecule has 1 saturated heterocycles. The van der Waals surface area contributed by atoms with Crippen molar-refractivity contribution in [3.8, 4) is 0 Å². The van der Waals surface area contributed by atoms with Gasteiger partial charge in [-0.2, -0.15) is 5.10 Å². The Morgan fingerprint density at radius 1 is 1.50 bits per heavy atom. The maximum Gasteiger partial charge on any atom is 0.315 e. The van der Waals surface area contributed by atoms with E-state index >= 15 is 0 Å². The van der Waals surface area contributed by atoms with Gasteiger partial charge in [0, 0.05) is 51.9 Å². The summed E-state index contributed by atoms with van der Waals surface area (Å²) in [4.78, 5) is 20.7. The van der Waals surface area contributed by atoms with E-state index in [4.69, 9.17) is 0 Å². The van der Waals surface area contributed by atoms with Crippen molar-refractivity contribution >= 4 is 28.2 Å². The van der Waals surface area contributed by atoms with Gasteiger partial charge < -0.3 is 20.4 Å². The minimum absolute atomic E-state index is 0.146. The van der Waals surface area contributed by atoms with E-state index in [0.29, 0.717) is 6.54 Å². The summed E-state index contributed by atoms with van der Waals surface area (Å²) in [6.45, 7) is 2.17. The van der Waals surface area contributed by atoms with Crippen LogP contribution in [0.2, 0.25) is 0 Å². The first-order valence-corrected chi connectivity index (χ1v) is 8.79. The van der Waals surface area contributed by atoms with Crippen molar-refractivity contribution in [2.24, 2.45) is 7.05 Å². The summed E-state index contributed by atoms with van der Waals surface area (Å²) in [7, 11) is 5.82. The Hall–Kier alpha value is -2.29. The average Bonchev–Trinajstić information content (AvgIpc) is 3.25. The summed E-state index contributed by atoms with van der Waals surface area (Å²) in [6, 6.07) is 0.00501. The SMILES string of the molecule is CN(C)c1nc(CNC(=O)N[C@H]2CCN(c3cnn(C)c3)C2)cs1. The van der Waals surface area contributed by atoms with E-state index in [1.165, 1.54) is 0 Å². The number of thiazole rings is 1. The fraction of sp³-hybridized carbons (Fsp3) is 0.533. The van der Waals surface area contributed by atoms with Crippen LogP contribution < -0.4 is 20.4 Å². The molecule has 0 aromatic carbocycles. The number of carbonyl (C=O) groups is 1. The number of rotatable bonds is 5. The van der Waals surface area contributed by atoms with Crippen LogP contribution in [0.5, 0.6) is 0 Å². The van der Waals surface area contributed by atoms with E-state index in [-0.39, 0.29) is 12.1 Å². The van der Waals surface area contributed by atoms with Crippen LogP contribution >= 0.6 is 11.3 Å². The normalized spacial score (nSPS) is 17.1. The van der Waals surface area contributed by atoms with Crippen LogP contribution in [0.4, 0.5) is 15.6 Å². The van der Waals surface area contributed by atoms with Crippen molar-refractivity contribution in [3.05, 3.63) is 23.5 Å². The molecular formula is C15H23N7OS. The third-order valence-corrected chi connectivity index (χ3v) is 4.99. The number of hydrogen-bond acceptors (Lipinski definition) is 6. The van der Waals surface area contributed by atoms with Crippen LogP contribution in [-0.2, 0) is 13.6 Å². The van der Waals surface area contributed by atoms with Gasteiger partial charge in [-0.15, -0.1) is 11.3 Å². The molecule has 8 nitrogen and oxygen atoms in total. The van der Waals surface area contributed by atoms with E-state index in [9.17, 15) is 4.79 Å². The predicted molar refractivity (Wildman–Crippen MR) is 95.6 cm³/mol. The van der Waals surface area contributed by atoms with Gasteiger partial charge in [-0.05, 0) is 6.42 Å². The van der Waals surface area contributed by atoms with Gasteiger partial charge in [0.05, 0.1) is 24.1 Å². The summed E-state index contributed by atoms with van der Waals surface area (Å²) < 4.78 is 1.79. The molecule has 3 heterocycles. The molecule has 0 spiro atoms. The maximum atomic E-state index is 12.1. The highest BCUT2D eigenvalue weighted by molar-refractivity contribution is 7.13. The Morgan fingerprint density at radius 2 is 2.33 bits per heavy atom. The molecule has 0 radical (unpaired) electrons. The Labute approximate surface area is 145 Å². The highest BCUT2D eigenvalue weighted by atomic mass is 32.1. The summed E-state index contributed by atoms with van der Waals surface area (Å²) in [6.07, 6.45) is 4.78. The zero-order chi connectivity index (χ0) is 17.1. The first-order chi connectivity index (χ1) is 11.5. The first kappa shape index (κ1) is 16.6. The van der Waals surface area contributed by atoms with Crippen molar-refractivity contribution in [1.29, 1.82) is 0 Å². The van der Waals surface area contributed by atoms with Gasteiger partial charge in [-0.25, -0.2) is 9.78 Å². The molecule has 0 saturated carbocycles. The van der Waals surface area contributed by atoms with Crippen LogP contribution in [-0.4, -0.2) is 54.0 Å². The van der Waals surface area contributed by atoms with Gasteiger partial charge in [0.25, 0.3) is 0 Å². The lowest BCUT2D eigenvalue weighted by Crippen LogP contribution is -2.43. The van der Waals surface area contributed by atoms with Crippen LogP contribution in [0.3, 0.4) is 0 Å². The maximum absolute atomic E-state index is 12.1. The van der Waals surface area contributed by atoms with Crippen LogP contribution in [0, 0.1) is 0 Å². The smallest absolute Gasteiger partial charge is 0.315 e. The summed E-state index contributed by atoms with van der Waals surface area (Å²) in [5, 5.41) is 13.0. The minimum atomic E-state index is -0.146. The third-order valence-electron chi connectivity index (χ3n) is 3.93. The standard InChI is InChI=1S/C15H23N7OS/c1-20(2)15-19-12(10-24-15)6-16-14(23)18-11-4-5-22(8-11)13-7-17-21(3)9-13/h7,9-11H,4-6,8H2,1-3H3,(H2,16,18,23)/t11-/m0/s1. The molecule has 0 aliphatic carbocycles. The van der Waals surface area contributed by atoms with Crippen molar-refractivity contribution in [3.63, 3.8) is 0 Å². The largest absolute Gasteiger partial charge is 0.367 e. The fourth-order valence-electron chi connectivity index (χ4n) is 2.67. The van der Waals surface area contributed by atoms with Crippen LogP contribution in [0.25, 0.3) is 0 Å². The Bertz CT molecular complexity index is 696. The van der Waals surface area contributed by atoms with Gasteiger partial charge in [0.1, 0.15) is 0 Å². The van der Waals surface area contributed by atoms with E-state index in [0.717, 1.165) is 36.0 Å². The second kappa shape index (κ2) is 7.08. The highest BCUT2D eigenvalue weighted by Gasteiger charge is 2.24. The van der Waals surface area contributed by atoms with E-state index in [1.54, 1.807) is 16.0 Å². The number of aryl methyl sites for hydroxylation is 1. The lowest BCUT2D eigenvalue weighted by Gasteiger charge is -2.17. The lowest BCUT2D eigenvalue weighted by molar-refractivity contribution is 0.237. The number of hydrogen-bond donors (Lipinski definition) is 2. The van der Waals surface area contributed by atoms with Gasteiger partial charge in [0.2, 0.25) is 0 Å². The van der Waals surface area contributed by atoms with Crippen molar-refractivity contribution in [1.82, 2.24) is 25.4 Å². The van der Waals surface area contributed by atoms with Gasteiger partial charge >= 0.3 is 6.03 Å². The molecule has 1 aliphatic heterocycles. The molecule has 2 amide bonds. The topological polar surface area (TPSA) is 78.3 Å². The molecule has 24 heavy (non-hydrogen) atoms. The summed E-state index contributed by atoms with van der Waals surface area (Å²) in [5.74, 6) is 0. The number of urea groups is 1.